The number of aromatic nitrogens is 1. The van der Waals surface area contributed by atoms with Crippen molar-refractivity contribution in [2.24, 2.45) is 11.3 Å². The molecule has 2 saturated carbocycles. The number of pyridine rings is 1. The zero-order chi connectivity index (χ0) is 25.4. The number of hydrogen-bond acceptors (Lipinski definition) is 4. The highest BCUT2D eigenvalue weighted by Crippen LogP contribution is 2.42. The Hall–Kier alpha value is -2.15. The molecule has 3 fully saturated rings. The fourth-order valence-electron chi connectivity index (χ4n) is 5.97. The first-order chi connectivity index (χ1) is 16.5. The second-order valence-corrected chi connectivity index (χ2v) is 12.1. The van der Waals surface area contributed by atoms with Gasteiger partial charge in [0.05, 0.1) is 17.7 Å². The Morgan fingerprint density at radius 1 is 1.11 bits per heavy atom. The van der Waals surface area contributed by atoms with Gasteiger partial charge in [-0.3, -0.25) is 14.4 Å². The number of piperidine rings is 1. The molecule has 35 heavy (non-hydrogen) atoms. The van der Waals surface area contributed by atoms with Gasteiger partial charge in [-0.2, -0.15) is 0 Å². The number of aliphatic hydroxyl groups is 1. The van der Waals surface area contributed by atoms with Crippen molar-refractivity contribution in [2.75, 3.05) is 27.2 Å². The van der Waals surface area contributed by atoms with Gasteiger partial charge in [-0.05, 0) is 43.1 Å². The second-order valence-electron chi connectivity index (χ2n) is 12.1. The molecule has 0 spiro atoms. The minimum absolute atomic E-state index is 0.113. The lowest BCUT2D eigenvalue weighted by molar-refractivity contribution is -0.154. The summed E-state index contributed by atoms with van der Waals surface area (Å²) in [5.74, 6) is 1.01. The first kappa shape index (κ1) is 25.9. The van der Waals surface area contributed by atoms with Gasteiger partial charge < -0.3 is 19.5 Å². The lowest BCUT2D eigenvalue weighted by Crippen LogP contribution is -2.60. The number of rotatable bonds is 7. The normalized spacial score (nSPS) is 24.9. The number of nitrogens with zero attached hydrogens (tertiary/aromatic N) is 3. The lowest BCUT2D eigenvalue weighted by Gasteiger charge is -2.50. The van der Waals surface area contributed by atoms with E-state index in [9.17, 15) is 19.5 Å². The minimum atomic E-state index is -1.16. The van der Waals surface area contributed by atoms with Gasteiger partial charge in [-0.1, -0.05) is 46.0 Å². The molecule has 1 aromatic heterocycles. The quantitative estimate of drug-likeness (QED) is 0.637. The van der Waals surface area contributed by atoms with E-state index in [4.69, 9.17) is 0 Å². The Bertz CT molecular complexity index is 1000. The van der Waals surface area contributed by atoms with Crippen molar-refractivity contribution in [3.8, 4) is 0 Å². The van der Waals surface area contributed by atoms with Crippen molar-refractivity contribution >= 4 is 11.8 Å². The van der Waals surface area contributed by atoms with Gasteiger partial charge in [-0.15, -0.1) is 0 Å². The molecule has 1 aliphatic heterocycles. The highest BCUT2D eigenvalue weighted by Gasteiger charge is 2.49. The number of carbonyl (C=O) groups is 2. The molecule has 0 unspecified atom stereocenters. The SMILES string of the molecule is CN(C)C(=O)c1cn(C[C@]2(O)CCN(C(=O)CCC3CCCCC3)CC2(C)C)c(=O)cc1C1CC1. The highest BCUT2D eigenvalue weighted by atomic mass is 16.3. The summed E-state index contributed by atoms with van der Waals surface area (Å²) in [6.07, 6.45) is 12.0. The maximum absolute atomic E-state index is 13.0. The van der Waals surface area contributed by atoms with E-state index in [2.05, 4.69) is 0 Å². The molecule has 7 heteroatoms. The highest BCUT2D eigenvalue weighted by molar-refractivity contribution is 5.95. The van der Waals surface area contributed by atoms with E-state index in [1.54, 1.807) is 26.4 Å². The summed E-state index contributed by atoms with van der Waals surface area (Å²) < 4.78 is 1.50. The van der Waals surface area contributed by atoms with Crippen LogP contribution < -0.4 is 5.56 Å². The number of amides is 2. The molecule has 1 aromatic rings. The molecule has 2 amide bonds. The predicted molar refractivity (Wildman–Crippen MR) is 136 cm³/mol. The summed E-state index contributed by atoms with van der Waals surface area (Å²) in [6, 6.07) is 1.59. The fourth-order valence-corrected chi connectivity index (χ4v) is 5.97. The second kappa shape index (κ2) is 10.1. The molecule has 1 N–H and O–H groups in total. The first-order valence-corrected chi connectivity index (χ1v) is 13.5. The van der Waals surface area contributed by atoms with Crippen molar-refractivity contribution in [3.05, 3.63) is 33.7 Å². The Balaban J connectivity index is 1.47. The fraction of sp³-hybridized carbons (Fsp3) is 0.750. The van der Waals surface area contributed by atoms with E-state index < -0.39 is 11.0 Å². The number of carbonyl (C=O) groups excluding carboxylic acids is 2. The average molecular weight is 486 g/mol. The van der Waals surface area contributed by atoms with Gasteiger partial charge in [0.1, 0.15) is 0 Å². The van der Waals surface area contributed by atoms with Crippen LogP contribution in [0.1, 0.15) is 99.9 Å². The van der Waals surface area contributed by atoms with E-state index in [0.29, 0.717) is 37.4 Å². The molecule has 0 radical (unpaired) electrons. The molecule has 3 aliphatic rings. The zero-order valence-corrected chi connectivity index (χ0v) is 22.0. The maximum atomic E-state index is 13.0. The molecule has 2 heterocycles. The maximum Gasteiger partial charge on any atom is 0.255 e. The van der Waals surface area contributed by atoms with Gasteiger partial charge in [0, 0.05) is 51.3 Å². The van der Waals surface area contributed by atoms with Gasteiger partial charge in [0.2, 0.25) is 5.91 Å². The standard InChI is InChI=1S/C28H43N3O4/c1-27(2)18-30(24(32)13-10-20-8-6-5-7-9-20)15-14-28(27,35)19-31-17-23(26(34)29(3)4)22(16-25(31)33)21-11-12-21/h16-17,20-21,35H,5-15,18-19H2,1-4H3/t28-/m1/s1. The Morgan fingerprint density at radius 3 is 2.40 bits per heavy atom. The molecular formula is C28H43N3O4. The molecule has 1 saturated heterocycles. The summed E-state index contributed by atoms with van der Waals surface area (Å²) in [4.78, 5) is 42.3. The third-order valence-electron chi connectivity index (χ3n) is 8.73. The average Bonchev–Trinajstić information content (AvgIpc) is 3.66. The summed E-state index contributed by atoms with van der Waals surface area (Å²) in [7, 11) is 3.43. The molecule has 4 rings (SSSR count). The summed E-state index contributed by atoms with van der Waals surface area (Å²) in [5.41, 5.74) is -0.552. The van der Waals surface area contributed by atoms with Gasteiger partial charge in [-0.25, -0.2) is 0 Å². The van der Waals surface area contributed by atoms with E-state index in [0.717, 1.165) is 24.8 Å². The molecule has 7 nitrogen and oxygen atoms in total. The van der Waals surface area contributed by atoms with Crippen LogP contribution in [-0.2, 0) is 11.3 Å². The molecule has 0 aromatic carbocycles. The van der Waals surface area contributed by atoms with Crippen molar-refractivity contribution in [1.29, 1.82) is 0 Å². The third-order valence-corrected chi connectivity index (χ3v) is 8.73. The van der Waals surface area contributed by atoms with Crippen LogP contribution >= 0.6 is 0 Å². The van der Waals surface area contributed by atoms with E-state index >= 15 is 0 Å². The first-order valence-electron chi connectivity index (χ1n) is 13.5. The smallest absolute Gasteiger partial charge is 0.255 e. The Morgan fingerprint density at radius 2 is 1.80 bits per heavy atom. The van der Waals surface area contributed by atoms with Crippen LogP contribution in [0, 0.1) is 11.3 Å². The molecule has 0 bridgehead atoms. The van der Waals surface area contributed by atoms with Crippen LogP contribution in [0.15, 0.2) is 17.1 Å². The molecule has 2 aliphatic carbocycles. The third kappa shape index (κ3) is 5.65. The van der Waals surface area contributed by atoms with Crippen molar-refractivity contribution in [3.63, 3.8) is 0 Å². The van der Waals surface area contributed by atoms with Crippen LogP contribution in [0.25, 0.3) is 0 Å². The van der Waals surface area contributed by atoms with Gasteiger partial charge in [0.15, 0.2) is 0 Å². The minimum Gasteiger partial charge on any atom is -0.387 e. The summed E-state index contributed by atoms with van der Waals surface area (Å²) >= 11 is 0. The van der Waals surface area contributed by atoms with Gasteiger partial charge >= 0.3 is 0 Å². The predicted octanol–water partition coefficient (Wildman–Crippen LogP) is 3.78. The van der Waals surface area contributed by atoms with Crippen LogP contribution in [0.5, 0.6) is 0 Å². The van der Waals surface area contributed by atoms with Crippen molar-refractivity contribution < 1.29 is 14.7 Å². The number of likely N-dealkylation sites (tertiary alicyclic amines) is 1. The van der Waals surface area contributed by atoms with E-state index in [-0.39, 0.29) is 29.8 Å². The van der Waals surface area contributed by atoms with Crippen LogP contribution in [0.3, 0.4) is 0 Å². The monoisotopic (exact) mass is 485 g/mol. The van der Waals surface area contributed by atoms with Gasteiger partial charge in [0.25, 0.3) is 11.5 Å². The van der Waals surface area contributed by atoms with Crippen LogP contribution in [0.4, 0.5) is 0 Å². The van der Waals surface area contributed by atoms with E-state index in [1.165, 1.54) is 41.6 Å². The molecular weight excluding hydrogens is 442 g/mol. The van der Waals surface area contributed by atoms with E-state index in [1.807, 2.05) is 18.7 Å². The summed E-state index contributed by atoms with van der Waals surface area (Å²) in [5, 5.41) is 11.7. The molecule has 194 valence electrons. The largest absolute Gasteiger partial charge is 0.387 e. The van der Waals surface area contributed by atoms with Crippen molar-refractivity contribution in [1.82, 2.24) is 14.4 Å². The number of hydrogen-bond donors (Lipinski definition) is 1. The van der Waals surface area contributed by atoms with Crippen LogP contribution in [0.2, 0.25) is 0 Å². The topological polar surface area (TPSA) is 82.8 Å². The molecule has 1 atom stereocenters. The zero-order valence-electron chi connectivity index (χ0n) is 22.0. The van der Waals surface area contributed by atoms with Crippen LogP contribution in [-0.4, -0.2) is 64.1 Å². The summed E-state index contributed by atoms with van der Waals surface area (Å²) in [6.45, 7) is 5.01. The Labute approximate surface area is 209 Å². The Kier molecular flexibility index (Phi) is 7.46. The van der Waals surface area contributed by atoms with Crippen molar-refractivity contribution in [2.45, 2.75) is 96.1 Å². The lowest BCUT2D eigenvalue weighted by atomic mass is 9.69.